The van der Waals surface area contributed by atoms with Crippen LogP contribution in [0.5, 0.6) is 11.5 Å². The molecule has 0 aliphatic rings. The van der Waals surface area contributed by atoms with Crippen molar-refractivity contribution < 1.29 is 19.2 Å². The van der Waals surface area contributed by atoms with Crippen LogP contribution < -0.4 is 14.9 Å². The van der Waals surface area contributed by atoms with Crippen molar-refractivity contribution >= 4 is 49.7 Å². The number of hydrogen-bond donors (Lipinski definition) is 1. The van der Waals surface area contributed by atoms with E-state index >= 15 is 0 Å². The molecule has 3 rings (SSSR count). The van der Waals surface area contributed by atoms with Gasteiger partial charge in [0.25, 0.3) is 11.6 Å². The summed E-state index contributed by atoms with van der Waals surface area (Å²) in [7, 11) is 0. The SMILES string of the molecule is CCOc1cc(/C=N\NC(=O)c2cccc([N+](=O)[O-])c2)c(Br)cc1OCc1ccc(Br)cc1. The predicted octanol–water partition coefficient (Wildman–Crippen LogP) is 5.86. The highest BCUT2D eigenvalue weighted by molar-refractivity contribution is 9.10. The zero-order valence-electron chi connectivity index (χ0n) is 17.5. The first-order valence-corrected chi connectivity index (χ1v) is 11.4. The standard InChI is InChI=1S/C23H19Br2N3O5/c1-2-32-21-11-17(13-26-27-23(29)16-4-3-5-19(10-16)28(30)31)20(25)12-22(21)33-14-15-6-8-18(24)9-7-15/h3-13H,2,14H2,1H3,(H,27,29)/b26-13-. The second-order valence-electron chi connectivity index (χ2n) is 6.68. The topological polar surface area (TPSA) is 103 Å². The van der Waals surface area contributed by atoms with Gasteiger partial charge in [-0.15, -0.1) is 0 Å². The predicted molar refractivity (Wildman–Crippen MR) is 132 cm³/mol. The number of nitrogens with one attached hydrogen (secondary N) is 1. The highest BCUT2D eigenvalue weighted by atomic mass is 79.9. The number of halogens is 2. The van der Waals surface area contributed by atoms with Crippen LogP contribution >= 0.6 is 31.9 Å². The second-order valence-corrected chi connectivity index (χ2v) is 8.45. The Morgan fingerprint density at radius 1 is 1.09 bits per heavy atom. The Bertz CT molecular complexity index is 1180. The van der Waals surface area contributed by atoms with Crippen molar-refractivity contribution in [2.75, 3.05) is 6.61 Å². The molecule has 0 aromatic heterocycles. The van der Waals surface area contributed by atoms with Crippen LogP contribution in [-0.2, 0) is 6.61 Å². The third kappa shape index (κ3) is 6.87. The first-order valence-electron chi connectivity index (χ1n) is 9.79. The average Bonchev–Trinajstić information content (AvgIpc) is 2.81. The summed E-state index contributed by atoms with van der Waals surface area (Å²) < 4.78 is 13.3. The minimum atomic E-state index is -0.564. The number of nitro groups is 1. The minimum absolute atomic E-state index is 0.132. The lowest BCUT2D eigenvalue weighted by Crippen LogP contribution is -2.17. The number of non-ortho nitro benzene ring substituents is 1. The average molecular weight is 577 g/mol. The first-order chi connectivity index (χ1) is 15.9. The first kappa shape index (κ1) is 24.4. The van der Waals surface area contributed by atoms with E-state index in [1.807, 2.05) is 31.2 Å². The fourth-order valence-electron chi connectivity index (χ4n) is 2.76. The molecule has 0 saturated heterocycles. The number of rotatable bonds is 9. The smallest absolute Gasteiger partial charge is 0.271 e. The van der Waals surface area contributed by atoms with E-state index in [-0.39, 0.29) is 11.3 Å². The molecule has 3 aromatic rings. The Morgan fingerprint density at radius 3 is 2.52 bits per heavy atom. The minimum Gasteiger partial charge on any atom is -0.490 e. The highest BCUT2D eigenvalue weighted by Gasteiger charge is 2.12. The quantitative estimate of drug-likeness (QED) is 0.195. The molecule has 0 aliphatic heterocycles. The number of nitro benzene ring substituents is 1. The van der Waals surface area contributed by atoms with Crippen LogP contribution in [0, 0.1) is 10.1 Å². The van der Waals surface area contributed by atoms with Crippen LogP contribution in [-0.4, -0.2) is 23.7 Å². The molecule has 1 N–H and O–H groups in total. The molecule has 10 heteroatoms. The summed E-state index contributed by atoms with van der Waals surface area (Å²) in [4.78, 5) is 22.6. The number of carbonyl (C=O) groups excluding carboxylic acids is 1. The van der Waals surface area contributed by atoms with Crippen LogP contribution in [0.25, 0.3) is 0 Å². The van der Waals surface area contributed by atoms with Gasteiger partial charge < -0.3 is 9.47 Å². The Hall–Kier alpha value is -3.24. The maximum atomic E-state index is 12.3. The molecular weight excluding hydrogens is 558 g/mol. The van der Waals surface area contributed by atoms with Crippen molar-refractivity contribution in [1.29, 1.82) is 0 Å². The van der Waals surface area contributed by atoms with E-state index in [1.54, 1.807) is 12.1 Å². The molecule has 0 bridgehead atoms. The number of hydrazone groups is 1. The van der Waals surface area contributed by atoms with Crippen LogP contribution in [0.3, 0.4) is 0 Å². The van der Waals surface area contributed by atoms with E-state index in [0.717, 1.165) is 10.0 Å². The third-order valence-corrected chi connectivity index (χ3v) is 5.57. The van der Waals surface area contributed by atoms with Gasteiger partial charge in [-0.3, -0.25) is 14.9 Å². The van der Waals surface area contributed by atoms with Gasteiger partial charge in [-0.1, -0.05) is 34.1 Å². The molecule has 0 aliphatic carbocycles. The maximum Gasteiger partial charge on any atom is 0.271 e. The zero-order chi connectivity index (χ0) is 23.8. The number of carbonyl (C=O) groups is 1. The Labute approximate surface area is 207 Å². The normalized spacial score (nSPS) is 10.8. The van der Waals surface area contributed by atoms with Gasteiger partial charge >= 0.3 is 0 Å². The molecule has 0 atom stereocenters. The van der Waals surface area contributed by atoms with E-state index in [1.165, 1.54) is 30.5 Å². The summed E-state index contributed by atoms with van der Waals surface area (Å²) in [6.07, 6.45) is 1.44. The highest BCUT2D eigenvalue weighted by Crippen LogP contribution is 2.34. The molecular formula is C23H19Br2N3O5. The number of benzene rings is 3. The number of amides is 1. The van der Waals surface area contributed by atoms with E-state index < -0.39 is 10.8 Å². The van der Waals surface area contributed by atoms with Crippen molar-refractivity contribution in [1.82, 2.24) is 5.43 Å². The van der Waals surface area contributed by atoms with Crippen LogP contribution in [0.1, 0.15) is 28.4 Å². The molecule has 3 aromatic carbocycles. The van der Waals surface area contributed by atoms with Crippen LogP contribution in [0.15, 0.2) is 74.7 Å². The van der Waals surface area contributed by atoms with E-state index in [2.05, 4.69) is 42.4 Å². The van der Waals surface area contributed by atoms with Gasteiger partial charge in [0.05, 0.1) is 17.7 Å². The number of ether oxygens (including phenoxy) is 2. The Morgan fingerprint density at radius 2 is 1.82 bits per heavy atom. The van der Waals surface area contributed by atoms with Crippen molar-refractivity contribution in [2.24, 2.45) is 5.10 Å². The Kier molecular flexibility index (Phi) is 8.56. The maximum absolute atomic E-state index is 12.3. The fourth-order valence-corrected chi connectivity index (χ4v) is 3.45. The largest absolute Gasteiger partial charge is 0.490 e. The van der Waals surface area contributed by atoms with Gasteiger partial charge in [-0.25, -0.2) is 5.43 Å². The molecule has 8 nitrogen and oxygen atoms in total. The van der Waals surface area contributed by atoms with Crippen molar-refractivity contribution in [3.8, 4) is 11.5 Å². The fraction of sp³-hybridized carbons (Fsp3) is 0.130. The lowest BCUT2D eigenvalue weighted by atomic mass is 10.2. The summed E-state index contributed by atoms with van der Waals surface area (Å²) >= 11 is 6.90. The molecule has 33 heavy (non-hydrogen) atoms. The molecule has 0 spiro atoms. The molecule has 0 heterocycles. The number of hydrogen-bond acceptors (Lipinski definition) is 6. The third-order valence-electron chi connectivity index (χ3n) is 4.36. The molecule has 0 fully saturated rings. The second kappa shape index (κ2) is 11.6. The molecule has 170 valence electrons. The summed E-state index contributed by atoms with van der Waals surface area (Å²) in [6.45, 7) is 2.68. The summed E-state index contributed by atoms with van der Waals surface area (Å²) in [5, 5.41) is 14.8. The molecule has 0 saturated carbocycles. The van der Waals surface area contributed by atoms with Gasteiger partial charge in [-0.05, 0) is 58.7 Å². The van der Waals surface area contributed by atoms with E-state index in [9.17, 15) is 14.9 Å². The summed E-state index contributed by atoms with van der Waals surface area (Å²) in [5.74, 6) is 0.527. The van der Waals surface area contributed by atoms with Crippen molar-refractivity contribution in [3.05, 3.63) is 96.4 Å². The van der Waals surface area contributed by atoms with Gasteiger partial charge in [-0.2, -0.15) is 5.10 Å². The molecule has 1 amide bonds. The van der Waals surface area contributed by atoms with Crippen molar-refractivity contribution in [3.63, 3.8) is 0 Å². The van der Waals surface area contributed by atoms with Gasteiger partial charge in [0.2, 0.25) is 0 Å². The monoisotopic (exact) mass is 575 g/mol. The van der Waals surface area contributed by atoms with Crippen LogP contribution in [0.4, 0.5) is 5.69 Å². The molecule has 0 unspecified atom stereocenters. The van der Waals surface area contributed by atoms with Crippen molar-refractivity contribution in [2.45, 2.75) is 13.5 Å². The van der Waals surface area contributed by atoms with E-state index in [0.29, 0.717) is 34.7 Å². The number of nitrogens with zero attached hydrogens (tertiary/aromatic N) is 2. The lowest BCUT2D eigenvalue weighted by molar-refractivity contribution is -0.384. The summed E-state index contributed by atoms with van der Waals surface area (Å²) in [5.41, 5.74) is 3.98. The molecule has 0 radical (unpaired) electrons. The lowest BCUT2D eigenvalue weighted by Gasteiger charge is -2.14. The summed E-state index contributed by atoms with van der Waals surface area (Å²) in [6, 6.07) is 16.7. The van der Waals surface area contributed by atoms with Gasteiger partial charge in [0, 0.05) is 32.2 Å². The van der Waals surface area contributed by atoms with Gasteiger partial charge in [0.1, 0.15) is 6.61 Å². The van der Waals surface area contributed by atoms with Gasteiger partial charge in [0.15, 0.2) is 11.5 Å². The van der Waals surface area contributed by atoms with Crippen LogP contribution in [0.2, 0.25) is 0 Å². The van der Waals surface area contributed by atoms with E-state index in [4.69, 9.17) is 9.47 Å². The zero-order valence-corrected chi connectivity index (χ0v) is 20.6. The Balaban J connectivity index is 1.72.